The maximum absolute atomic E-state index is 0. The first-order valence-electron chi connectivity index (χ1n) is 0. The standard InChI is InChI=1S/Cu.Mn.O.V/q2*+2;-2;. The van der Waals surface area contributed by atoms with Crippen molar-refractivity contribution >= 4 is 0 Å². The Hall–Kier alpha value is 1.58. The van der Waals surface area contributed by atoms with Gasteiger partial charge >= 0.3 is 34.1 Å². The van der Waals surface area contributed by atoms with Crippen molar-refractivity contribution in [2.75, 3.05) is 0 Å². The predicted molar refractivity (Wildman–Crippen MR) is 0.686 cm³/mol. The molecule has 0 N–H and O–H groups in total. The molecule has 27 valence electrons. The molecule has 0 bridgehead atoms. The summed E-state index contributed by atoms with van der Waals surface area (Å²) in [6.45, 7) is 0. The Balaban J connectivity index is 0. The van der Waals surface area contributed by atoms with Gasteiger partial charge in [-0.05, 0) is 0 Å². The topological polar surface area (TPSA) is 28.5 Å². The molecule has 0 heterocycles. The smallest absolute Gasteiger partial charge is 2.00 e. The van der Waals surface area contributed by atoms with Crippen molar-refractivity contribution in [3.63, 3.8) is 0 Å². The van der Waals surface area contributed by atoms with E-state index in [0.29, 0.717) is 0 Å². The molecule has 0 aromatic carbocycles. The molecule has 0 saturated carbocycles. The molecule has 0 spiro atoms. The van der Waals surface area contributed by atoms with Gasteiger partial charge in [0.1, 0.15) is 0 Å². The van der Waals surface area contributed by atoms with Gasteiger partial charge in [-0.3, -0.25) is 0 Å². The Bertz CT molecular complexity index is 8.00. The molecule has 0 unspecified atom stereocenters. The molecule has 0 aromatic rings. The molecule has 0 fully saturated rings. The van der Waals surface area contributed by atoms with E-state index < -0.39 is 0 Å². The first kappa shape index (κ1) is 46.8. The molecule has 0 rings (SSSR count). The minimum absolute atomic E-state index is 0. The van der Waals surface area contributed by atoms with Crippen molar-refractivity contribution in [3.05, 3.63) is 0 Å². The summed E-state index contributed by atoms with van der Waals surface area (Å²) in [4.78, 5) is 0. The Morgan fingerprint density at radius 1 is 1.00 bits per heavy atom. The second-order valence-corrected chi connectivity index (χ2v) is 0. The molecule has 0 saturated heterocycles. The minimum Gasteiger partial charge on any atom is -2.00 e. The van der Waals surface area contributed by atoms with E-state index in [1.807, 2.05) is 0 Å². The molecule has 0 aliphatic carbocycles. The molecule has 0 aromatic heterocycles. The summed E-state index contributed by atoms with van der Waals surface area (Å²) >= 11 is 0. The van der Waals surface area contributed by atoms with E-state index in [4.69, 9.17) is 0 Å². The summed E-state index contributed by atoms with van der Waals surface area (Å²) in [5.41, 5.74) is 0. The van der Waals surface area contributed by atoms with Crippen LogP contribution in [-0.4, -0.2) is 0 Å². The van der Waals surface area contributed by atoms with E-state index in [0.717, 1.165) is 0 Å². The van der Waals surface area contributed by atoms with Crippen LogP contribution in [-0.2, 0) is 58.2 Å². The fourth-order valence-corrected chi connectivity index (χ4v) is 0. The first-order chi connectivity index (χ1) is 0. The zero-order valence-corrected chi connectivity index (χ0v) is 5.05. The second-order valence-electron chi connectivity index (χ2n) is 0. The van der Waals surface area contributed by atoms with Gasteiger partial charge in [0.05, 0.1) is 0 Å². The Kier molecular flexibility index (Phi) is 275. The zero-order valence-electron chi connectivity index (χ0n) is 1.53. The van der Waals surface area contributed by atoms with Gasteiger partial charge in [0, 0.05) is 18.6 Å². The second kappa shape index (κ2) is 23.5. The largest absolute Gasteiger partial charge is 2.00 e. The van der Waals surface area contributed by atoms with E-state index in [-0.39, 0.29) is 58.2 Å². The van der Waals surface area contributed by atoms with Crippen molar-refractivity contribution in [1.82, 2.24) is 0 Å². The van der Waals surface area contributed by atoms with Crippen LogP contribution in [0.5, 0.6) is 0 Å². The third-order valence-corrected chi connectivity index (χ3v) is 0. The molecular formula is CuMnOV+2. The molecule has 0 amide bonds. The van der Waals surface area contributed by atoms with Crippen LogP contribution in [0, 0.1) is 0 Å². The number of rotatable bonds is 0. The van der Waals surface area contributed by atoms with Crippen LogP contribution in [0.25, 0.3) is 0 Å². The van der Waals surface area contributed by atoms with Gasteiger partial charge in [0.2, 0.25) is 0 Å². The van der Waals surface area contributed by atoms with Gasteiger partial charge in [-0.25, -0.2) is 0 Å². The number of hydrogen-bond acceptors (Lipinski definition) is 0. The van der Waals surface area contributed by atoms with Crippen molar-refractivity contribution in [2.45, 2.75) is 0 Å². The van der Waals surface area contributed by atoms with Crippen molar-refractivity contribution in [3.8, 4) is 0 Å². The maximum atomic E-state index is 0. The normalized spacial score (nSPS) is 0. The van der Waals surface area contributed by atoms with Crippen molar-refractivity contribution in [1.29, 1.82) is 0 Å². The predicted octanol–water partition coefficient (Wildman–Crippen LogP) is -0.126. The summed E-state index contributed by atoms with van der Waals surface area (Å²) in [5, 5.41) is 0. The molecule has 4 heavy (non-hydrogen) atoms. The van der Waals surface area contributed by atoms with Gasteiger partial charge in [-0.1, -0.05) is 0 Å². The minimum atomic E-state index is 0. The van der Waals surface area contributed by atoms with Crippen LogP contribution in [0.15, 0.2) is 0 Å². The van der Waals surface area contributed by atoms with Crippen LogP contribution >= 0.6 is 0 Å². The molecule has 3 radical (unpaired) electrons. The maximum Gasteiger partial charge on any atom is 2.00 e. The van der Waals surface area contributed by atoms with E-state index >= 15 is 0 Å². The Morgan fingerprint density at radius 2 is 1.00 bits per heavy atom. The van der Waals surface area contributed by atoms with Crippen LogP contribution in [0.4, 0.5) is 0 Å². The third kappa shape index (κ3) is 9.54. The van der Waals surface area contributed by atoms with E-state index in [1.165, 1.54) is 0 Å². The summed E-state index contributed by atoms with van der Waals surface area (Å²) in [7, 11) is 0. The van der Waals surface area contributed by atoms with E-state index in [2.05, 4.69) is 0 Å². The average Bonchev–Trinajstić information content (AvgIpc) is 0. The summed E-state index contributed by atoms with van der Waals surface area (Å²) < 4.78 is 0. The zero-order chi connectivity index (χ0) is 0. The van der Waals surface area contributed by atoms with Gasteiger partial charge in [-0.15, -0.1) is 0 Å². The molecule has 1 nitrogen and oxygen atoms in total. The molecule has 0 aliphatic rings. The van der Waals surface area contributed by atoms with Crippen LogP contribution in [0.1, 0.15) is 0 Å². The third-order valence-electron chi connectivity index (χ3n) is 0. The number of hydrogen-bond donors (Lipinski definition) is 0. The molecular weight excluding hydrogens is 185 g/mol. The summed E-state index contributed by atoms with van der Waals surface area (Å²) in [6, 6.07) is 0. The van der Waals surface area contributed by atoms with E-state index in [9.17, 15) is 0 Å². The average molecular weight is 185 g/mol. The van der Waals surface area contributed by atoms with E-state index in [1.54, 1.807) is 0 Å². The Morgan fingerprint density at radius 3 is 1.00 bits per heavy atom. The van der Waals surface area contributed by atoms with Crippen LogP contribution in [0.3, 0.4) is 0 Å². The monoisotopic (exact) mass is 185 g/mol. The first-order valence-corrected chi connectivity index (χ1v) is 0. The Labute approximate surface area is 58.0 Å². The molecule has 0 aliphatic heterocycles. The van der Waals surface area contributed by atoms with Crippen LogP contribution < -0.4 is 0 Å². The molecule has 0 atom stereocenters. The SMILES string of the molecule is [Cu+2].[Mn+2].[O-2].[V]. The fraction of sp³-hybridized carbons (Fsp3) is 0. The van der Waals surface area contributed by atoms with Crippen molar-refractivity contribution < 1.29 is 58.2 Å². The van der Waals surface area contributed by atoms with Gasteiger partial charge in [0.15, 0.2) is 0 Å². The van der Waals surface area contributed by atoms with Crippen LogP contribution in [0.2, 0.25) is 0 Å². The molecule has 4 heteroatoms. The van der Waals surface area contributed by atoms with Crippen molar-refractivity contribution in [2.24, 2.45) is 0 Å². The fourth-order valence-electron chi connectivity index (χ4n) is 0. The summed E-state index contributed by atoms with van der Waals surface area (Å²) in [5.74, 6) is 0. The quantitative estimate of drug-likeness (QED) is 0.471. The van der Waals surface area contributed by atoms with Gasteiger partial charge in [0.25, 0.3) is 0 Å². The summed E-state index contributed by atoms with van der Waals surface area (Å²) in [6.07, 6.45) is 0. The van der Waals surface area contributed by atoms with Gasteiger partial charge in [-0.2, -0.15) is 0 Å². The van der Waals surface area contributed by atoms with Gasteiger partial charge < -0.3 is 5.48 Å².